The zero-order valence-electron chi connectivity index (χ0n) is 9.51. The van der Waals surface area contributed by atoms with Gasteiger partial charge in [-0.25, -0.2) is 4.79 Å². The summed E-state index contributed by atoms with van der Waals surface area (Å²) in [6.07, 6.45) is 2.39. The maximum absolute atomic E-state index is 11.4. The van der Waals surface area contributed by atoms with Gasteiger partial charge in [0.05, 0.1) is 25.2 Å². The van der Waals surface area contributed by atoms with Gasteiger partial charge in [0.1, 0.15) is 0 Å². The van der Waals surface area contributed by atoms with Crippen LogP contribution in [0.1, 0.15) is 16.8 Å². The fourth-order valence-electron chi connectivity index (χ4n) is 1.81. The third kappa shape index (κ3) is 2.13. The molecule has 0 amide bonds. The van der Waals surface area contributed by atoms with Crippen LogP contribution in [-0.2, 0) is 11.3 Å². The van der Waals surface area contributed by atoms with Crippen LogP contribution in [0.5, 0.6) is 0 Å². The number of ether oxygens (including phenoxy) is 1. The molecule has 1 heterocycles. The number of carbonyl (C=O) groups excluding carboxylic acids is 1. The Morgan fingerprint density at radius 3 is 3.00 bits per heavy atom. The molecule has 4 heteroatoms. The van der Waals surface area contributed by atoms with Gasteiger partial charge in [-0.15, -0.1) is 0 Å². The molecule has 0 saturated carbocycles. The normalized spacial score (nSPS) is 10.1. The Morgan fingerprint density at radius 2 is 2.29 bits per heavy atom. The second-order valence-electron chi connectivity index (χ2n) is 3.68. The highest BCUT2D eigenvalue weighted by Crippen LogP contribution is 2.18. The minimum atomic E-state index is -0.336. The molecule has 0 aliphatic carbocycles. The number of nitrogens with zero attached hydrogens (tertiary/aromatic N) is 2. The summed E-state index contributed by atoms with van der Waals surface area (Å²) in [4.78, 5) is 11.4. The molecule has 0 unspecified atom stereocenters. The van der Waals surface area contributed by atoms with E-state index in [-0.39, 0.29) is 5.97 Å². The molecule has 0 aliphatic heterocycles. The van der Waals surface area contributed by atoms with E-state index in [9.17, 15) is 4.79 Å². The van der Waals surface area contributed by atoms with Crippen LogP contribution in [0.4, 0.5) is 0 Å². The summed E-state index contributed by atoms with van der Waals surface area (Å²) in [5.74, 6) is -0.336. The van der Waals surface area contributed by atoms with Gasteiger partial charge >= 0.3 is 5.97 Å². The maximum atomic E-state index is 11.4. The van der Waals surface area contributed by atoms with Crippen LogP contribution in [0, 0.1) is 11.3 Å². The van der Waals surface area contributed by atoms with Crippen LogP contribution in [0.3, 0.4) is 0 Å². The Morgan fingerprint density at radius 1 is 1.47 bits per heavy atom. The summed E-state index contributed by atoms with van der Waals surface area (Å²) in [7, 11) is 1.37. The minimum Gasteiger partial charge on any atom is -0.465 e. The quantitative estimate of drug-likeness (QED) is 0.757. The first kappa shape index (κ1) is 11.2. The van der Waals surface area contributed by atoms with Gasteiger partial charge in [-0.1, -0.05) is 0 Å². The molecular formula is C13H12N2O2. The largest absolute Gasteiger partial charge is 0.465 e. The van der Waals surface area contributed by atoms with Crippen molar-refractivity contribution in [1.82, 2.24) is 4.57 Å². The number of rotatable bonds is 3. The molecule has 2 aromatic rings. The van der Waals surface area contributed by atoms with E-state index in [1.165, 1.54) is 7.11 Å². The third-order valence-electron chi connectivity index (χ3n) is 2.66. The Kier molecular flexibility index (Phi) is 3.10. The van der Waals surface area contributed by atoms with Crippen LogP contribution in [-0.4, -0.2) is 17.6 Å². The lowest BCUT2D eigenvalue weighted by atomic mass is 10.1. The monoisotopic (exact) mass is 228 g/mol. The van der Waals surface area contributed by atoms with Crippen LogP contribution in [0.15, 0.2) is 30.5 Å². The molecule has 1 aromatic heterocycles. The summed E-state index contributed by atoms with van der Waals surface area (Å²) in [6.45, 7) is 0.664. The van der Waals surface area contributed by atoms with E-state index in [1.807, 2.05) is 22.9 Å². The number of methoxy groups -OCH3 is 1. The smallest absolute Gasteiger partial charge is 0.337 e. The van der Waals surface area contributed by atoms with E-state index in [2.05, 4.69) is 10.8 Å². The molecule has 0 saturated heterocycles. The van der Waals surface area contributed by atoms with Crippen molar-refractivity contribution in [3.63, 3.8) is 0 Å². The van der Waals surface area contributed by atoms with Crippen LogP contribution in [0.25, 0.3) is 10.9 Å². The lowest BCUT2D eigenvalue weighted by Crippen LogP contribution is -2.01. The van der Waals surface area contributed by atoms with E-state index in [4.69, 9.17) is 5.26 Å². The zero-order valence-corrected chi connectivity index (χ0v) is 9.51. The molecule has 17 heavy (non-hydrogen) atoms. The van der Waals surface area contributed by atoms with Gasteiger partial charge in [-0.2, -0.15) is 5.26 Å². The van der Waals surface area contributed by atoms with Gasteiger partial charge in [0, 0.05) is 23.6 Å². The Hall–Kier alpha value is -2.28. The molecule has 86 valence electrons. The van der Waals surface area contributed by atoms with E-state index in [1.54, 1.807) is 12.1 Å². The van der Waals surface area contributed by atoms with Crippen molar-refractivity contribution in [2.24, 2.45) is 0 Å². The molecule has 4 nitrogen and oxygen atoms in total. The number of aromatic nitrogens is 1. The predicted octanol–water partition coefficient (Wildman–Crippen LogP) is 2.34. The van der Waals surface area contributed by atoms with Crippen molar-refractivity contribution in [3.05, 3.63) is 36.0 Å². The summed E-state index contributed by atoms with van der Waals surface area (Å²) < 4.78 is 6.67. The Bertz CT molecular complexity index is 593. The standard InChI is InChI=1S/C13H12N2O2/c1-17-13(16)11-3-4-12-10(9-11)5-8-15(12)7-2-6-14/h3-5,8-9H,2,7H2,1H3. The highest BCUT2D eigenvalue weighted by molar-refractivity contribution is 5.94. The summed E-state index contributed by atoms with van der Waals surface area (Å²) in [5.41, 5.74) is 1.56. The fraction of sp³-hybridized carbons (Fsp3) is 0.231. The van der Waals surface area contributed by atoms with Crippen molar-refractivity contribution in [2.75, 3.05) is 7.11 Å². The van der Waals surface area contributed by atoms with Crippen molar-refractivity contribution >= 4 is 16.9 Å². The highest BCUT2D eigenvalue weighted by Gasteiger charge is 2.07. The number of nitriles is 1. The molecular weight excluding hydrogens is 216 g/mol. The molecule has 0 radical (unpaired) electrons. The van der Waals surface area contributed by atoms with Crippen molar-refractivity contribution in [3.8, 4) is 6.07 Å². The topological polar surface area (TPSA) is 55.0 Å². The maximum Gasteiger partial charge on any atom is 0.337 e. The first-order valence-corrected chi connectivity index (χ1v) is 5.30. The molecule has 2 rings (SSSR count). The molecule has 0 aliphatic rings. The summed E-state index contributed by atoms with van der Waals surface area (Å²) in [5, 5.41) is 9.54. The van der Waals surface area contributed by atoms with Gasteiger partial charge in [0.15, 0.2) is 0 Å². The van der Waals surface area contributed by atoms with Gasteiger partial charge in [0.2, 0.25) is 0 Å². The first-order chi connectivity index (χ1) is 8.26. The van der Waals surface area contributed by atoms with Gasteiger partial charge in [0.25, 0.3) is 0 Å². The van der Waals surface area contributed by atoms with Crippen LogP contribution in [0.2, 0.25) is 0 Å². The van der Waals surface area contributed by atoms with Crippen LogP contribution >= 0.6 is 0 Å². The van der Waals surface area contributed by atoms with Crippen molar-refractivity contribution in [2.45, 2.75) is 13.0 Å². The molecule has 0 spiro atoms. The highest BCUT2D eigenvalue weighted by atomic mass is 16.5. The molecule has 0 N–H and O–H groups in total. The average molecular weight is 228 g/mol. The summed E-state index contributed by atoms with van der Waals surface area (Å²) in [6, 6.07) is 9.45. The zero-order chi connectivity index (χ0) is 12.3. The predicted molar refractivity (Wildman–Crippen MR) is 63.5 cm³/mol. The number of carbonyl (C=O) groups is 1. The number of aryl methyl sites for hydroxylation is 1. The Labute approximate surface area is 99.0 Å². The lowest BCUT2D eigenvalue weighted by Gasteiger charge is -2.03. The number of benzene rings is 1. The molecule has 0 fully saturated rings. The van der Waals surface area contributed by atoms with E-state index >= 15 is 0 Å². The van der Waals surface area contributed by atoms with Gasteiger partial charge in [-0.3, -0.25) is 0 Å². The molecule has 0 atom stereocenters. The first-order valence-electron chi connectivity index (χ1n) is 5.30. The number of hydrogen-bond donors (Lipinski definition) is 0. The minimum absolute atomic E-state index is 0.336. The molecule has 0 bridgehead atoms. The van der Waals surface area contributed by atoms with Crippen molar-refractivity contribution in [1.29, 1.82) is 5.26 Å². The van der Waals surface area contributed by atoms with E-state index in [0.717, 1.165) is 10.9 Å². The lowest BCUT2D eigenvalue weighted by molar-refractivity contribution is 0.0601. The molecule has 1 aromatic carbocycles. The van der Waals surface area contributed by atoms with E-state index < -0.39 is 0 Å². The second-order valence-corrected chi connectivity index (χ2v) is 3.68. The fourth-order valence-corrected chi connectivity index (χ4v) is 1.81. The van der Waals surface area contributed by atoms with Crippen LogP contribution < -0.4 is 0 Å². The number of fused-ring (bicyclic) bond motifs is 1. The van der Waals surface area contributed by atoms with Gasteiger partial charge in [-0.05, 0) is 24.3 Å². The third-order valence-corrected chi connectivity index (χ3v) is 2.66. The van der Waals surface area contributed by atoms with Gasteiger partial charge < -0.3 is 9.30 Å². The SMILES string of the molecule is COC(=O)c1ccc2c(ccn2CCC#N)c1. The number of hydrogen-bond acceptors (Lipinski definition) is 3. The number of esters is 1. The van der Waals surface area contributed by atoms with Crippen molar-refractivity contribution < 1.29 is 9.53 Å². The summed E-state index contributed by atoms with van der Waals surface area (Å²) >= 11 is 0. The Balaban J connectivity index is 2.38. The second kappa shape index (κ2) is 4.71. The average Bonchev–Trinajstić information content (AvgIpc) is 2.77. The van der Waals surface area contributed by atoms with E-state index in [0.29, 0.717) is 18.5 Å².